The normalized spacial score (nSPS) is 26.2. The molecular weight excluding hydrogens is 308 g/mol. The van der Waals surface area contributed by atoms with Crippen molar-refractivity contribution in [3.8, 4) is 0 Å². The van der Waals surface area contributed by atoms with Crippen molar-refractivity contribution in [3.05, 3.63) is 28.2 Å². The number of nitrogens with zero attached hydrogens (tertiary/aromatic N) is 1. The van der Waals surface area contributed by atoms with Crippen LogP contribution < -0.4 is 10.6 Å². The van der Waals surface area contributed by atoms with Crippen molar-refractivity contribution in [1.29, 1.82) is 0 Å². The van der Waals surface area contributed by atoms with E-state index in [1.807, 2.05) is 6.92 Å². The van der Waals surface area contributed by atoms with Crippen LogP contribution in [0.15, 0.2) is 22.7 Å². The van der Waals surface area contributed by atoms with Crippen LogP contribution in [0.4, 0.5) is 5.69 Å². The topological polar surface area (TPSA) is 29.3 Å². The van der Waals surface area contributed by atoms with E-state index in [4.69, 9.17) is 5.73 Å². The molecule has 0 aromatic heterocycles. The van der Waals surface area contributed by atoms with Crippen molar-refractivity contribution >= 4 is 33.4 Å². The molecule has 1 heterocycles. The van der Waals surface area contributed by atoms with Crippen LogP contribution in [0.3, 0.4) is 0 Å². The predicted octanol–water partition coefficient (Wildman–Crippen LogP) is 3.80. The van der Waals surface area contributed by atoms with Crippen LogP contribution in [0, 0.1) is 0 Å². The van der Waals surface area contributed by atoms with Gasteiger partial charge < -0.3 is 10.6 Å². The van der Waals surface area contributed by atoms with Crippen molar-refractivity contribution in [3.63, 3.8) is 0 Å². The van der Waals surface area contributed by atoms with Gasteiger partial charge in [0.15, 0.2) is 0 Å². The Morgan fingerprint density at radius 3 is 2.44 bits per heavy atom. The molecule has 2 nitrogen and oxygen atoms in total. The minimum Gasteiger partial charge on any atom is -0.369 e. The molecule has 0 radical (unpaired) electrons. The lowest BCUT2D eigenvalue weighted by atomic mass is 10.1. The SMILES string of the molecule is CC1CN(c2ccc(C(C)N)c(Br)c2)CC(C)S1. The molecule has 1 saturated heterocycles. The van der Waals surface area contributed by atoms with Crippen LogP contribution in [0.2, 0.25) is 0 Å². The molecule has 3 atom stereocenters. The summed E-state index contributed by atoms with van der Waals surface area (Å²) in [7, 11) is 0. The maximum absolute atomic E-state index is 5.94. The smallest absolute Gasteiger partial charge is 0.0378 e. The lowest BCUT2D eigenvalue weighted by Gasteiger charge is -2.36. The highest BCUT2D eigenvalue weighted by atomic mass is 79.9. The van der Waals surface area contributed by atoms with Gasteiger partial charge in [-0.25, -0.2) is 0 Å². The Bertz CT molecular complexity index is 412. The number of anilines is 1. The third-order valence-corrected chi connectivity index (χ3v) is 5.17. The van der Waals surface area contributed by atoms with Crippen LogP contribution in [-0.2, 0) is 0 Å². The molecule has 1 aliphatic heterocycles. The van der Waals surface area contributed by atoms with Crippen LogP contribution in [-0.4, -0.2) is 23.6 Å². The molecule has 100 valence electrons. The molecule has 3 unspecified atom stereocenters. The fraction of sp³-hybridized carbons (Fsp3) is 0.571. The van der Waals surface area contributed by atoms with E-state index in [1.54, 1.807) is 0 Å². The Labute approximate surface area is 122 Å². The molecule has 0 aliphatic carbocycles. The maximum atomic E-state index is 5.94. The van der Waals surface area contributed by atoms with Gasteiger partial charge in [-0.05, 0) is 24.6 Å². The average Bonchev–Trinajstić information content (AvgIpc) is 2.26. The van der Waals surface area contributed by atoms with Crippen molar-refractivity contribution in [2.75, 3.05) is 18.0 Å². The summed E-state index contributed by atoms with van der Waals surface area (Å²) < 4.78 is 1.12. The Hall–Kier alpha value is -0.190. The van der Waals surface area contributed by atoms with E-state index in [0.29, 0.717) is 10.5 Å². The fourth-order valence-corrected chi connectivity index (χ4v) is 4.52. The Balaban J connectivity index is 2.21. The highest BCUT2D eigenvalue weighted by Crippen LogP contribution is 2.32. The maximum Gasteiger partial charge on any atom is 0.0378 e. The second-order valence-electron chi connectivity index (χ2n) is 5.16. The van der Waals surface area contributed by atoms with Gasteiger partial charge in [-0.3, -0.25) is 0 Å². The molecule has 1 fully saturated rings. The molecule has 4 heteroatoms. The van der Waals surface area contributed by atoms with Crippen molar-refractivity contribution < 1.29 is 0 Å². The average molecular weight is 329 g/mol. The van der Waals surface area contributed by atoms with E-state index in [0.717, 1.165) is 17.6 Å². The zero-order valence-corrected chi connectivity index (χ0v) is 13.6. The van der Waals surface area contributed by atoms with Gasteiger partial charge in [0, 0.05) is 39.8 Å². The van der Waals surface area contributed by atoms with E-state index in [1.165, 1.54) is 11.3 Å². The summed E-state index contributed by atoms with van der Waals surface area (Å²) in [5.41, 5.74) is 8.41. The molecule has 2 N–H and O–H groups in total. The summed E-state index contributed by atoms with van der Waals surface area (Å²) in [4.78, 5) is 2.47. The van der Waals surface area contributed by atoms with Gasteiger partial charge in [0.25, 0.3) is 0 Å². The van der Waals surface area contributed by atoms with Crippen LogP contribution in [0.5, 0.6) is 0 Å². The fourth-order valence-electron chi connectivity index (χ4n) is 2.47. The molecule has 0 bridgehead atoms. The first-order chi connectivity index (χ1) is 8.47. The molecule has 1 aliphatic rings. The minimum absolute atomic E-state index is 0.0724. The lowest BCUT2D eigenvalue weighted by molar-refractivity contribution is 0.727. The monoisotopic (exact) mass is 328 g/mol. The highest BCUT2D eigenvalue weighted by molar-refractivity contribution is 9.10. The summed E-state index contributed by atoms with van der Waals surface area (Å²) in [6, 6.07) is 6.61. The van der Waals surface area contributed by atoms with Gasteiger partial charge in [0.2, 0.25) is 0 Å². The summed E-state index contributed by atoms with van der Waals surface area (Å²) in [5.74, 6) is 0. The van der Waals surface area contributed by atoms with E-state index in [2.05, 4.69) is 64.6 Å². The number of rotatable bonds is 2. The minimum atomic E-state index is 0.0724. The molecule has 1 aromatic carbocycles. The molecule has 1 aromatic rings. The van der Waals surface area contributed by atoms with E-state index < -0.39 is 0 Å². The lowest BCUT2D eigenvalue weighted by Crippen LogP contribution is -2.40. The van der Waals surface area contributed by atoms with E-state index in [-0.39, 0.29) is 6.04 Å². The Morgan fingerprint density at radius 2 is 1.94 bits per heavy atom. The van der Waals surface area contributed by atoms with Gasteiger partial charge in [-0.15, -0.1) is 0 Å². The first-order valence-corrected chi connectivity index (χ1v) is 8.16. The summed E-state index contributed by atoms with van der Waals surface area (Å²) >= 11 is 5.71. The quantitative estimate of drug-likeness (QED) is 0.895. The van der Waals surface area contributed by atoms with Gasteiger partial charge in [0.05, 0.1) is 0 Å². The molecule has 0 amide bonds. The molecular formula is C14H21BrN2S. The summed E-state index contributed by atoms with van der Waals surface area (Å²) in [6.07, 6.45) is 0. The van der Waals surface area contributed by atoms with Crippen LogP contribution in [0.1, 0.15) is 32.4 Å². The number of hydrogen-bond acceptors (Lipinski definition) is 3. The van der Waals surface area contributed by atoms with Crippen molar-refractivity contribution in [2.45, 2.75) is 37.3 Å². The van der Waals surface area contributed by atoms with Crippen molar-refractivity contribution in [1.82, 2.24) is 0 Å². The van der Waals surface area contributed by atoms with Crippen LogP contribution >= 0.6 is 27.7 Å². The first-order valence-electron chi connectivity index (χ1n) is 6.43. The number of thioether (sulfide) groups is 1. The zero-order chi connectivity index (χ0) is 13.3. The molecule has 2 rings (SSSR count). The summed E-state index contributed by atoms with van der Waals surface area (Å²) in [6.45, 7) is 8.87. The third-order valence-electron chi connectivity index (χ3n) is 3.26. The zero-order valence-electron chi connectivity index (χ0n) is 11.2. The Morgan fingerprint density at radius 1 is 1.33 bits per heavy atom. The molecule has 0 spiro atoms. The number of halogens is 1. The first kappa shape index (κ1) is 14.2. The van der Waals surface area contributed by atoms with Crippen molar-refractivity contribution in [2.24, 2.45) is 5.73 Å². The number of hydrogen-bond donors (Lipinski definition) is 1. The number of nitrogens with two attached hydrogens (primary N) is 1. The number of benzene rings is 1. The van der Waals surface area contributed by atoms with Gasteiger partial charge in [-0.1, -0.05) is 35.8 Å². The van der Waals surface area contributed by atoms with Crippen LogP contribution in [0.25, 0.3) is 0 Å². The predicted molar refractivity (Wildman–Crippen MR) is 85.5 cm³/mol. The third kappa shape index (κ3) is 3.22. The Kier molecular flexibility index (Phi) is 4.62. The second-order valence-corrected chi connectivity index (χ2v) is 7.89. The molecule has 0 saturated carbocycles. The standard InChI is InChI=1S/C14H21BrN2S/c1-9-7-17(8-10(2)18-9)12-4-5-13(11(3)16)14(15)6-12/h4-6,9-11H,7-8,16H2,1-3H3. The van der Waals surface area contributed by atoms with E-state index >= 15 is 0 Å². The van der Waals surface area contributed by atoms with E-state index in [9.17, 15) is 0 Å². The van der Waals surface area contributed by atoms with Gasteiger partial charge in [0.1, 0.15) is 0 Å². The molecule has 18 heavy (non-hydrogen) atoms. The van der Waals surface area contributed by atoms with Gasteiger partial charge >= 0.3 is 0 Å². The largest absolute Gasteiger partial charge is 0.369 e. The van der Waals surface area contributed by atoms with Gasteiger partial charge in [-0.2, -0.15) is 11.8 Å². The second kappa shape index (κ2) is 5.85. The summed E-state index contributed by atoms with van der Waals surface area (Å²) in [5, 5.41) is 1.39. The highest BCUT2D eigenvalue weighted by Gasteiger charge is 2.22.